The zero-order valence-corrected chi connectivity index (χ0v) is 22.7. The van der Waals surface area contributed by atoms with Crippen molar-refractivity contribution in [1.82, 2.24) is 14.5 Å². The van der Waals surface area contributed by atoms with E-state index in [0.29, 0.717) is 13.2 Å². The smallest absolute Gasteiger partial charge is 0.212 e. The van der Waals surface area contributed by atoms with Crippen molar-refractivity contribution in [1.29, 1.82) is 0 Å². The van der Waals surface area contributed by atoms with Crippen molar-refractivity contribution in [3.63, 3.8) is 0 Å². The first-order valence-electron chi connectivity index (χ1n) is 12.9. The van der Waals surface area contributed by atoms with Gasteiger partial charge in [-0.05, 0) is 76.8 Å². The summed E-state index contributed by atoms with van der Waals surface area (Å²) in [7, 11) is 0. The van der Waals surface area contributed by atoms with E-state index in [4.69, 9.17) is 9.72 Å². The highest BCUT2D eigenvalue weighted by Crippen LogP contribution is 2.36. The van der Waals surface area contributed by atoms with Crippen LogP contribution in [0.2, 0.25) is 0 Å². The van der Waals surface area contributed by atoms with Crippen LogP contribution < -0.4 is 5.32 Å². The number of rotatable bonds is 11. The van der Waals surface area contributed by atoms with E-state index in [2.05, 4.69) is 67.7 Å². The fraction of sp³-hybridized carbons (Fsp3) is 0.400. The Kier molecular flexibility index (Phi) is 9.45. The Morgan fingerprint density at radius 1 is 1.19 bits per heavy atom. The van der Waals surface area contributed by atoms with Crippen molar-refractivity contribution < 1.29 is 9.13 Å². The maximum Gasteiger partial charge on any atom is 0.212 e. The summed E-state index contributed by atoms with van der Waals surface area (Å²) < 4.78 is 21.6. The van der Waals surface area contributed by atoms with Crippen LogP contribution in [0.5, 0.6) is 0 Å². The van der Waals surface area contributed by atoms with Crippen LogP contribution >= 0.6 is 0 Å². The molecule has 0 radical (unpaired) electrons. The third-order valence-electron chi connectivity index (χ3n) is 6.20. The number of nitrogens with one attached hydrogen (secondary N) is 1. The number of fused-ring (bicyclic) bond motifs is 1. The van der Waals surface area contributed by atoms with Crippen LogP contribution in [-0.2, 0) is 17.7 Å². The van der Waals surface area contributed by atoms with Gasteiger partial charge >= 0.3 is 0 Å². The number of pyridine rings is 2. The Bertz CT molecular complexity index is 1270. The standard InChI is InChI=1S/C30H39FN4O/c1-8-11-12-13-14-24(22(7)36-10-3)25-17-26(32-18-23-15-16-28(31)33-19-23)30-29(34-25)21(6)27(9-2)35(30)20(4)5/h11-17,19-20H,8-10,18H2,1-7H3,(H,32,34)/b12-11+,14-13-,24-22-. The number of hydrogen-bond acceptors (Lipinski definition) is 4. The van der Waals surface area contributed by atoms with E-state index < -0.39 is 5.95 Å². The molecule has 0 fully saturated rings. The lowest BCUT2D eigenvalue weighted by Gasteiger charge is -2.18. The number of anilines is 1. The molecule has 3 rings (SSSR count). The van der Waals surface area contributed by atoms with Crippen LogP contribution in [0.4, 0.5) is 10.1 Å². The number of aromatic nitrogens is 3. The molecular formula is C30H39FN4O. The zero-order valence-electron chi connectivity index (χ0n) is 22.7. The summed E-state index contributed by atoms with van der Waals surface area (Å²) in [4.78, 5) is 8.99. The lowest BCUT2D eigenvalue weighted by atomic mass is 10.1. The molecule has 0 saturated carbocycles. The summed E-state index contributed by atoms with van der Waals surface area (Å²) in [6.07, 6.45) is 11.7. The van der Waals surface area contributed by atoms with Gasteiger partial charge in [0.05, 0.1) is 29.0 Å². The van der Waals surface area contributed by atoms with Crippen molar-refractivity contribution in [2.24, 2.45) is 0 Å². The SMILES string of the molecule is CC/C=C/C=C\C(=C(/C)OCC)c1cc(NCc2ccc(F)nc2)c2c(n1)c(C)c(CC)n2C(C)C. The molecule has 0 bridgehead atoms. The first kappa shape index (κ1) is 27.2. The molecule has 36 heavy (non-hydrogen) atoms. The second kappa shape index (κ2) is 12.5. The summed E-state index contributed by atoms with van der Waals surface area (Å²) in [5, 5.41) is 3.60. The number of aryl methyl sites for hydroxylation is 1. The van der Waals surface area contributed by atoms with Gasteiger partial charge in [-0.15, -0.1) is 0 Å². The first-order chi connectivity index (χ1) is 17.3. The largest absolute Gasteiger partial charge is 0.498 e. The van der Waals surface area contributed by atoms with Gasteiger partial charge in [0.1, 0.15) is 5.76 Å². The van der Waals surface area contributed by atoms with Crippen LogP contribution in [0.15, 0.2) is 54.5 Å². The number of halogens is 1. The molecule has 0 aromatic carbocycles. The zero-order chi connectivity index (χ0) is 26.2. The number of nitrogens with zero attached hydrogens (tertiary/aromatic N) is 3. The minimum absolute atomic E-state index is 0.274. The normalized spacial score (nSPS) is 12.8. The van der Waals surface area contributed by atoms with Gasteiger partial charge in [-0.1, -0.05) is 38.1 Å². The molecule has 5 nitrogen and oxygen atoms in total. The van der Waals surface area contributed by atoms with E-state index in [0.717, 1.165) is 52.2 Å². The molecule has 1 N–H and O–H groups in total. The van der Waals surface area contributed by atoms with Gasteiger partial charge in [0.15, 0.2) is 0 Å². The molecule has 3 aromatic rings. The Morgan fingerprint density at radius 3 is 2.58 bits per heavy atom. The minimum atomic E-state index is -0.477. The van der Waals surface area contributed by atoms with Gasteiger partial charge in [0, 0.05) is 30.1 Å². The number of hydrogen-bond donors (Lipinski definition) is 1. The van der Waals surface area contributed by atoms with E-state index in [1.807, 2.05) is 26.0 Å². The van der Waals surface area contributed by atoms with Gasteiger partial charge in [-0.25, -0.2) is 9.97 Å². The molecule has 6 heteroatoms. The third kappa shape index (κ3) is 6.04. The molecule has 192 valence electrons. The Hall–Kier alpha value is -3.41. The average Bonchev–Trinajstić information content (AvgIpc) is 3.15. The first-order valence-corrected chi connectivity index (χ1v) is 12.9. The Morgan fingerprint density at radius 2 is 1.97 bits per heavy atom. The van der Waals surface area contributed by atoms with Crippen molar-refractivity contribution in [3.05, 3.63) is 82.9 Å². The second-order valence-electron chi connectivity index (χ2n) is 9.08. The fourth-order valence-electron chi connectivity index (χ4n) is 4.53. The topological polar surface area (TPSA) is 52.0 Å². The summed E-state index contributed by atoms with van der Waals surface area (Å²) in [6.45, 7) is 15.9. The highest BCUT2D eigenvalue weighted by molar-refractivity contribution is 5.95. The third-order valence-corrected chi connectivity index (χ3v) is 6.20. The highest BCUT2D eigenvalue weighted by Gasteiger charge is 2.21. The maximum atomic E-state index is 13.3. The summed E-state index contributed by atoms with van der Waals surface area (Å²) >= 11 is 0. The quantitative estimate of drug-likeness (QED) is 0.168. The number of allylic oxidation sites excluding steroid dienone is 6. The van der Waals surface area contributed by atoms with Gasteiger partial charge in [-0.2, -0.15) is 4.39 Å². The molecule has 0 spiro atoms. The predicted molar refractivity (Wildman–Crippen MR) is 149 cm³/mol. The molecule has 0 aliphatic rings. The molecule has 3 heterocycles. The van der Waals surface area contributed by atoms with Crippen LogP contribution in [0.25, 0.3) is 16.6 Å². The van der Waals surface area contributed by atoms with Gasteiger partial charge < -0.3 is 14.6 Å². The van der Waals surface area contributed by atoms with Crippen molar-refractivity contribution in [2.75, 3.05) is 11.9 Å². The fourth-order valence-corrected chi connectivity index (χ4v) is 4.53. The lowest BCUT2D eigenvalue weighted by molar-refractivity contribution is 0.233. The van der Waals surface area contributed by atoms with Crippen LogP contribution in [0.1, 0.15) is 76.5 Å². The monoisotopic (exact) mass is 490 g/mol. The molecule has 0 unspecified atom stereocenters. The van der Waals surface area contributed by atoms with Crippen molar-refractivity contribution in [2.45, 2.75) is 73.9 Å². The number of ether oxygens (including phenoxy) is 1. The van der Waals surface area contributed by atoms with E-state index in [1.54, 1.807) is 12.3 Å². The molecular weight excluding hydrogens is 451 g/mol. The molecule has 0 saturated heterocycles. The summed E-state index contributed by atoms with van der Waals surface area (Å²) in [6, 6.07) is 5.52. The van der Waals surface area contributed by atoms with Gasteiger partial charge in [0.2, 0.25) is 5.95 Å². The average molecular weight is 491 g/mol. The Balaban J connectivity index is 2.24. The minimum Gasteiger partial charge on any atom is -0.498 e. The van der Waals surface area contributed by atoms with Crippen LogP contribution in [-0.4, -0.2) is 21.1 Å². The highest BCUT2D eigenvalue weighted by atomic mass is 19.1. The van der Waals surface area contributed by atoms with Crippen molar-refractivity contribution in [3.8, 4) is 0 Å². The van der Waals surface area contributed by atoms with Crippen molar-refractivity contribution >= 4 is 22.3 Å². The maximum absolute atomic E-state index is 13.3. The van der Waals surface area contributed by atoms with Gasteiger partial charge in [0.25, 0.3) is 0 Å². The van der Waals surface area contributed by atoms with Crippen LogP contribution in [0, 0.1) is 12.9 Å². The van der Waals surface area contributed by atoms with Crippen LogP contribution in [0.3, 0.4) is 0 Å². The van der Waals surface area contributed by atoms with E-state index >= 15 is 0 Å². The Labute approximate surface area is 214 Å². The lowest BCUT2D eigenvalue weighted by Crippen LogP contribution is -2.09. The molecule has 0 aliphatic heterocycles. The van der Waals surface area contributed by atoms with E-state index in [-0.39, 0.29) is 6.04 Å². The molecule has 0 atom stereocenters. The van der Waals surface area contributed by atoms with E-state index in [1.165, 1.54) is 17.3 Å². The van der Waals surface area contributed by atoms with E-state index in [9.17, 15) is 4.39 Å². The van der Waals surface area contributed by atoms with Gasteiger partial charge in [-0.3, -0.25) is 0 Å². The summed E-state index contributed by atoms with van der Waals surface area (Å²) in [5.41, 5.74) is 8.22. The molecule has 0 aliphatic carbocycles. The second-order valence-corrected chi connectivity index (χ2v) is 9.08. The summed E-state index contributed by atoms with van der Waals surface area (Å²) in [5.74, 6) is 0.352. The molecule has 3 aromatic heterocycles. The predicted octanol–water partition coefficient (Wildman–Crippen LogP) is 7.92. The molecule has 0 amide bonds.